The van der Waals surface area contributed by atoms with E-state index < -0.39 is 0 Å². The number of halogens is 1. The van der Waals surface area contributed by atoms with Crippen molar-refractivity contribution >= 4 is 11.4 Å². The van der Waals surface area contributed by atoms with Gasteiger partial charge in [0.15, 0.2) is 11.6 Å². The summed E-state index contributed by atoms with van der Waals surface area (Å²) in [6.07, 6.45) is 17.5. The molecule has 3 aromatic carbocycles. The first-order valence-electron chi connectivity index (χ1n) is 15.7. The van der Waals surface area contributed by atoms with Crippen LogP contribution in [0.15, 0.2) is 60.7 Å². The van der Waals surface area contributed by atoms with E-state index in [9.17, 15) is 9.50 Å². The number of anilines is 1. The lowest BCUT2D eigenvalue weighted by molar-refractivity contribution is 0.321. The third kappa shape index (κ3) is 12.0. The van der Waals surface area contributed by atoms with Gasteiger partial charge in [0.05, 0.1) is 13.7 Å². The van der Waals surface area contributed by atoms with Crippen LogP contribution < -0.4 is 14.4 Å². The van der Waals surface area contributed by atoms with Crippen molar-refractivity contribution in [2.75, 3.05) is 18.6 Å². The Morgan fingerprint density at radius 1 is 0.955 bits per heavy atom. The molecule has 3 aromatic rings. The molecule has 0 radical (unpaired) electrons. The average Bonchev–Trinajstić information content (AvgIpc) is 3.04. The first-order valence-corrected chi connectivity index (χ1v) is 15.7. The van der Waals surface area contributed by atoms with E-state index in [-0.39, 0.29) is 11.9 Å². The number of aromatic hydroxyl groups is 1. The summed E-state index contributed by atoms with van der Waals surface area (Å²) >= 11 is 0. The molecule has 6 heteroatoms. The normalized spacial score (nSPS) is 15.2. The van der Waals surface area contributed by atoms with Gasteiger partial charge >= 0.3 is 0 Å². The predicted molar refractivity (Wildman–Crippen MR) is 182 cm³/mol. The van der Waals surface area contributed by atoms with E-state index in [1.54, 1.807) is 25.3 Å². The molecule has 1 fully saturated rings. The Hall–Kier alpha value is -3.98. The zero-order valence-electron chi connectivity index (χ0n) is 27.2. The average molecular weight is 603 g/mol. The number of benzene rings is 3. The maximum absolute atomic E-state index is 14.0. The van der Waals surface area contributed by atoms with E-state index in [2.05, 4.69) is 38.5 Å². The van der Waals surface area contributed by atoms with E-state index in [1.807, 2.05) is 49.4 Å². The van der Waals surface area contributed by atoms with Crippen molar-refractivity contribution in [1.29, 1.82) is 5.41 Å². The van der Waals surface area contributed by atoms with Gasteiger partial charge in [0, 0.05) is 30.1 Å². The smallest absolute Gasteiger partial charge is 0.165 e. The third-order valence-electron chi connectivity index (χ3n) is 7.87. The standard InChI is InChI=1S/C19H24FNO2.C10H12O.C7H13N.C2H2/c1-5-23-19-10-9-15(11-18(19)20)13-21(14(2)3)16-7-6-8-17(12-16)22-4;11-10-6-5-8-3-1-2-4-9(8)7-10;1-6-2-4-7(8)5-3-6;1-2/h6-12,14H,5,13H2,1-4H3;5-7,11H,1-4H2;6,8H,2-5H2,1H3;1-2H. The minimum Gasteiger partial charge on any atom is -0.508 e. The molecule has 5 nitrogen and oxygen atoms in total. The van der Waals surface area contributed by atoms with Crippen LogP contribution in [-0.2, 0) is 19.4 Å². The fourth-order valence-electron chi connectivity index (χ4n) is 5.30. The van der Waals surface area contributed by atoms with Gasteiger partial charge in [0.2, 0.25) is 0 Å². The molecule has 0 unspecified atom stereocenters. The number of phenolic OH excluding ortho intramolecular Hbond substituents is 1. The maximum atomic E-state index is 14.0. The highest BCUT2D eigenvalue weighted by molar-refractivity contribution is 5.81. The van der Waals surface area contributed by atoms with Crippen molar-refractivity contribution in [3.8, 4) is 30.1 Å². The first kappa shape index (κ1) is 36.2. The van der Waals surface area contributed by atoms with Gasteiger partial charge in [-0.15, -0.1) is 12.8 Å². The largest absolute Gasteiger partial charge is 0.508 e. The van der Waals surface area contributed by atoms with Crippen molar-refractivity contribution in [3.05, 3.63) is 83.2 Å². The van der Waals surface area contributed by atoms with Gasteiger partial charge in [0.25, 0.3) is 0 Å². The molecule has 238 valence electrons. The number of terminal acetylenes is 1. The molecule has 2 N–H and O–H groups in total. The first-order chi connectivity index (χ1) is 21.2. The minimum absolute atomic E-state index is 0.275. The zero-order chi connectivity index (χ0) is 32.5. The number of methoxy groups -OCH3 is 1. The van der Waals surface area contributed by atoms with E-state index in [0.717, 1.165) is 47.9 Å². The molecule has 0 aromatic heterocycles. The lowest BCUT2D eigenvalue weighted by atomic mass is 9.90. The highest BCUT2D eigenvalue weighted by Crippen LogP contribution is 2.27. The van der Waals surface area contributed by atoms with Crippen LogP contribution in [-0.4, -0.2) is 30.6 Å². The van der Waals surface area contributed by atoms with Crippen molar-refractivity contribution in [3.63, 3.8) is 0 Å². The molecule has 0 saturated heterocycles. The fourth-order valence-corrected chi connectivity index (χ4v) is 5.30. The molecule has 44 heavy (non-hydrogen) atoms. The molecule has 0 atom stereocenters. The number of hydrogen-bond acceptors (Lipinski definition) is 5. The molecular weight excluding hydrogens is 551 g/mol. The molecular formula is C38H51FN2O3. The maximum Gasteiger partial charge on any atom is 0.165 e. The van der Waals surface area contributed by atoms with E-state index >= 15 is 0 Å². The van der Waals surface area contributed by atoms with Crippen molar-refractivity contribution in [1.82, 2.24) is 0 Å². The van der Waals surface area contributed by atoms with Gasteiger partial charge in [-0.05, 0) is 131 Å². The Morgan fingerprint density at radius 3 is 2.23 bits per heavy atom. The molecule has 1 saturated carbocycles. The molecule has 0 aliphatic heterocycles. The highest BCUT2D eigenvalue weighted by atomic mass is 19.1. The minimum atomic E-state index is -0.321. The molecule has 0 bridgehead atoms. The number of nitrogens with one attached hydrogen (secondary N) is 1. The molecule has 2 aliphatic carbocycles. The van der Waals surface area contributed by atoms with Crippen LogP contribution in [0.25, 0.3) is 0 Å². The summed E-state index contributed by atoms with van der Waals surface area (Å²) in [6.45, 7) is 9.42. The van der Waals surface area contributed by atoms with E-state index in [1.165, 1.54) is 43.2 Å². The van der Waals surface area contributed by atoms with E-state index in [0.29, 0.717) is 24.7 Å². The van der Waals surface area contributed by atoms with Crippen LogP contribution in [0.3, 0.4) is 0 Å². The van der Waals surface area contributed by atoms with Gasteiger partial charge in [-0.3, -0.25) is 0 Å². The second-order valence-electron chi connectivity index (χ2n) is 11.6. The number of aryl methyl sites for hydroxylation is 2. The monoisotopic (exact) mass is 602 g/mol. The van der Waals surface area contributed by atoms with Crippen LogP contribution in [0.5, 0.6) is 17.2 Å². The summed E-state index contributed by atoms with van der Waals surface area (Å²) in [4.78, 5) is 2.21. The Labute approximate surface area is 264 Å². The number of fused-ring (bicyclic) bond motifs is 1. The van der Waals surface area contributed by atoms with Crippen LogP contribution in [0.2, 0.25) is 0 Å². The van der Waals surface area contributed by atoms with Gasteiger partial charge < -0.3 is 24.9 Å². The Balaban J connectivity index is 0.000000263. The van der Waals surface area contributed by atoms with Gasteiger partial charge in [-0.1, -0.05) is 25.1 Å². The second kappa shape index (κ2) is 19.3. The quantitative estimate of drug-likeness (QED) is 0.265. The third-order valence-corrected chi connectivity index (χ3v) is 7.87. The van der Waals surface area contributed by atoms with Crippen LogP contribution in [0.4, 0.5) is 10.1 Å². The predicted octanol–water partition coefficient (Wildman–Crippen LogP) is 9.38. The number of phenols is 1. The second-order valence-corrected chi connectivity index (χ2v) is 11.6. The van der Waals surface area contributed by atoms with Crippen molar-refractivity contribution < 1.29 is 19.0 Å². The van der Waals surface area contributed by atoms with Crippen LogP contribution >= 0.6 is 0 Å². The summed E-state index contributed by atoms with van der Waals surface area (Å²) < 4.78 is 24.6. The SMILES string of the molecule is C#C.CC1CCC(=N)CC1.CCOc1ccc(CN(c2cccc(OC)c2)C(C)C)cc1F.Oc1ccc2c(c1)CCCC2. The van der Waals surface area contributed by atoms with Crippen LogP contribution in [0, 0.1) is 30.0 Å². The topological polar surface area (TPSA) is 65.8 Å². The lowest BCUT2D eigenvalue weighted by Gasteiger charge is -2.29. The van der Waals surface area contributed by atoms with Gasteiger partial charge in [0.1, 0.15) is 11.5 Å². The van der Waals surface area contributed by atoms with Gasteiger partial charge in [-0.2, -0.15) is 0 Å². The lowest BCUT2D eigenvalue weighted by Crippen LogP contribution is -2.30. The molecule has 0 amide bonds. The van der Waals surface area contributed by atoms with E-state index in [4.69, 9.17) is 14.9 Å². The number of rotatable bonds is 7. The Kier molecular flexibility index (Phi) is 15.9. The van der Waals surface area contributed by atoms with Gasteiger partial charge in [-0.25, -0.2) is 4.39 Å². The zero-order valence-corrected chi connectivity index (χ0v) is 27.2. The molecule has 5 rings (SSSR count). The Morgan fingerprint density at radius 2 is 1.64 bits per heavy atom. The fraction of sp³-hybridized carbons (Fsp3) is 0.447. The summed E-state index contributed by atoms with van der Waals surface area (Å²) in [5, 5.41) is 16.5. The summed E-state index contributed by atoms with van der Waals surface area (Å²) in [5.74, 6) is 2.08. The highest BCUT2D eigenvalue weighted by Gasteiger charge is 2.14. The Bertz CT molecular complexity index is 1310. The number of ether oxygens (including phenoxy) is 2. The number of hydrogen-bond donors (Lipinski definition) is 2. The van der Waals surface area contributed by atoms with Crippen LogP contribution in [0.1, 0.15) is 82.9 Å². The summed E-state index contributed by atoms with van der Waals surface area (Å²) in [6, 6.07) is 19.0. The summed E-state index contributed by atoms with van der Waals surface area (Å²) in [5.41, 5.74) is 5.68. The molecule has 2 aliphatic rings. The van der Waals surface area contributed by atoms with Crippen molar-refractivity contribution in [2.45, 2.75) is 91.6 Å². The van der Waals surface area contributed by atoms with Crippen molar-refractivity contribution in [2.24, 2.45) is 5.92 Å². The molecule has 0 spiro atoms. The summed E-state index contributed by atoms with van der Waals surface area (Å²) in [7, 11) is 1.65. The number of nitrogens with zero attached hydrogens (tertiary/aromatic N) is 1. The molecule has 0 heterocycles.